The molecule has 0 spiro atoms. The van der Waals surface area contributed by atoms with Gasteiger partial charge in [-0.1, -0.05) is 41.1 Å². The highest BCUT2D eigenvalue weighted by atomic mass is 33.1. The highest BCUT2D eigenvalue weighted by molar-refractivity contribution is 8.68. The second-order valence-electron chi connectivity index (χ2n) is 2.07. The lowest BCUT2D eigenvalue weighted by molar-refractivity contribution is 1.16. The van der Waals surface area contributed by atoms with E-state index in [1.165, 1.54) is 5.56 Å². The molecule has 1 rings (SSSR count). The fourth-order valence-corrected chi connectivity index (χ4v) is 1.41. The van der Waals surface area contributed by atoms with Gasteiger partial charge in [-0.3, -0.25) is 0 Å². The van der Waals surface area contributed by atoms with Crippen molar-refractivity contribution in [2.45, 2.75) is 6.42 Å². The molecule has 0 radical (unpaired) electrons. The van der Waals surface area contributed by atoms with Crippen molar-refractivity contribution in [2.75, 3.05) is 5.75 Å². The molecule has 1 aromatic rings. The van der Waals surface area contributed by atoms with Gasteiger partial charge < -0.3 is 0 Å². The van der Waals surface area contributed by atoms with E-state index >= 15 is 0 Å². The average molecular weight is 170 g/mol. The molecule has 0 atom stereocenters. The highest BCUT2D eigenvalue weighted by Gasteiger charge is 1.88. The quantitative estimate of drug-likeness (QED) is 0.537. The minimum Gasteiger partial charge on any atom is -0.111 e. The predicted octanol–water partition coefficient (Wildman–Crippen LogP) is 2.81. The first-order valence-electron chi connectivity index (χ1n) is 3.24. The Morgan fingerprint density at radius 1 is 1.20 bits per heavy atom. The minimum absolute atomic E-state index is 1.09. The van der Waals surface area contributed by atoms with Gasteiger partial charge in [-0.25, -0.2) is 0 Å². The number of rotatable bonds is 3. The highest BCUT2D eigenvalue weighted by Crippen LogP contribution is 2.08. The Balaban J connectivity index is 2.43. The topological polar surface area (TPSA) is 0 Å². The van der Waals surface area contributed by atoms with E-state index in [1.807, 2.05) is 6.07 Å². The van der Waals surface area contributed by atoms with E-state index in [0.717, 1.165) is 12.2 Å². The molecule has 0 aliphatic rings. The van der Waals surface area contributed by atoms with Gasteiger partial charge in [0, 0.05) is 5.75 Å². The number of hydrogen-bond acceptors (Lipinski definition) is 2. The van der Waals surface area contributed by atoms with E-state index in [-0.39, 0.29) is 0 Å². The SMILES string of the molecule is SSCCc1ccccc1. The molecule has 0 unspecified atom stereocenters. The van der Waals surface area contributed by atoms with Crippen molar-refractivity contribution in [1.82, 2.24) is 0 Å². The molecular formula is C8H10S2. The molecule has 0 amide bonds. The molecule has 0 saturated heterocycles. The van der Waals surface area contributed by atoms with Crippen LogP contribution in [0.25, 0.3) is 0 Å². The summed E-state index contributed by atoms with van der Waals surface area (Å²) < 4.78 is 0. The van der Waals surface area contributed by atoms with Gasteiger partial charge >= 0.3 is 0 Å². The maximum absolute atomic E-state index is 4.07. The molecule has 0 fully saturated rings. The zero-order valence-corrected chi connectivity index (χ0v) is 7.37. The van der Waals surface area contributed by atoms with Gasteiger partial charge in [0.1, 0.15) is 0 Å². The first kappa shape index (κ1) is 8.02. The third-order valence-electron chi connectivity index (χ3n) is 1.32. The van der Waals surface area contributed by atoms with E-state index in [4.69, 9.17) is 0 Å². The van der Waals surface area contributed by atoms with Crippen LogP contribution in [0.5, 0.6) is 0 Å². The van der Waals surface area contributed by atoms with Gasteiger partial charge in [0.2, 0.25) is 0 Å². The summed E-state index contributed by atoms with van der Waals surface area (Å²) in [6.45, 7) is 0. The monoisotopic (exact) mass is 170 g/mol. The third-order valence-corrected chi connectivity index (χ3v) is 2.26. The van der Waals surface area contributed by atoms with Crippen LogP contribution in [0.4, 0.5) is 0 Å². The molecular weight excluding hydrogens is 160 g/mol. The Morgan fingerprint density at radius 2 is 1.90 bits per heavy atom. The Kier molecular flexibility index (Phi) is 3.76. The van der Waals surface area contributed by atoms with Crippen LogP contribution in [-0.4, -0.2) is 5.75 Å². The van der Waals surface area contributed by atoms with Crippen molar-refractivity contribution in [3.63, 3.8) is 0 Å². The predicted molar refractivity (Wildman–Crippen MR) is 51.6 cm³/mol. The molecule has 0 nitrogen and oxygen atoms in total. The molecule has 1 aromatic carbocycles. The average Bonchev–Trinajstić information content (AvgIpc) is 2.03. The first-order chi connectivity index (χ1) is 4.93. The van der Waals surface area contributed by atoms with Crippen LogP contribution >= 0.6 is 22.5 Å². The number of hydrogen-bond donors (Lipinski definition) is 1. The number of benzene rings is 1. The lowest BCUT2D eigenvalue weighted by Gasteiger charge is -1.95. The maximum atomic E-state index is 4.07. The van der Waals surface area contributed by atoms with Crippen LogP contribution < -0.4 is 0 Å². The van der Waals surface area contributed by atoms with Gasteiger partial charge in [-0.15, -0.1) is 11.7 Å². The Bertz CT molecular complexity index is 172. The Hall–Kier alpha value is -0.0800. The molecule has 10 heavy (non-hydrogen) atoms. The third kappa shape index (κ3) is 2.67. The van der Waals surface area contributed by atoms with Gasteiger partial charge in [0.05, 0.1) is 0 Å². The van der Waals surface area contributed by atoms with Gasteiger partial charge in [0.15, 0.2) is 0 Å². The van der Waals surface area contributed by atoms with Crippen LogP contribution in [0.3, 0.4) is 0 Å². The zero-order valence-electron chi connectivity index (χ0n) is 5.66. The summed E-state index contributed by atoms with van der Waals surface area (Å²) in [5.74, 6) is 1.09. The standard InChI is InChI=1S/C8H10S2/c9-10-7-6-8-4-2-1-3-5-8/h1-5,9H,6-7H2. The summed E-state index contributed by atoms with van der Waals surface area (Å²) >= 11 is 4.07. The van der Waals surface area contributed by atoms with Crippen molar-refractivity contribution in [3.8, 4) is 0 Å². The largest absolute Gasteiger partial charge is 0.111 e. The summed E-state index contributed by atoms with van der Waals surface area (Å²) in [4.78, 5) is 0. The van der Waals surface area contributed by atoms with Crippen LogP contribution in [0.15, 0.2) is 30.3 Å². The lowest BCUT2D eigenvalue weighted by Crippen LogP contribution is -1.84. The molecule has 0 aliphatic carbocycles. The van der Waals surface area contributed by atoms with Gasteiger partial charge in [0.25, 0.3) is 0 Å². The summed E-state index contributed by atoms with van der Waals surface area (Å²) in [5.41, 5.74) is 1.39. The van der Waals surface area contributed by atoms with Crippen molar-refractivity contribution < 1.29 is 0 Å². The lowest BCUT2D eigenvalue weighted by atomic mass is 10.2. The molecule has 0 saturated carbocycles. The van der Waals surface area contributed by atoms with Gasteiger partial charge in [-0.05, 0) is 12.0 Å². The molecule has 54 valence electrons. The van der Waals surface area contributed by atoms with E-state index < -0.39 is 0 Å². The van der Waals surface area contributed by atoms with E-state index in [1.54, 1.807) is 10.8 Å². The molecule has 0 heterocycles. The Morgan fingerprint density at radius 3 is 2.50 bits per heavy atom. The van der Waals surface area contributed by atoms with Crippen LogP contribution in [0, 0.1) is 0 Å². The molecule has 0 aliphatic heterocycles. The molecule has 0 N–H and O–H groups in total. The minimum atomic E-state index is 1.09. The number of aryl methyl sites for hydroxylation is 1. The zero-order chi connectivity index (χ0) is 7.23. The summed E-state index contributed by atoms with van der Waals surface area (Å²) in [7, 11) is 1.59. The molecule has 0 bridgehead atoms. The second kappa shape index (κ2) is 4.69. The van der Waals surface area contributed by atoms with Crippen LogP contribution in [0.2, 0.25) is 0 Å². The van der Waals surface area contributed by atoms with Crippen LogP contribution in [0.1, 0.15) is 5.56 Å². The van der Waals surface area contributed by atoms with Crippen LogP contribution in [-0.2, 0) is 6.42 Å². The normalized spacial score (nSPS) is 9.70. The van der Waals surface area contributed by atoms with Gasteiger partial charge in [-0.2, -0.15) is 0 Å². The Labute approximate surface area is 70.8 Å². The summed E-state index contributed by atoms with van der Waals surface area (Å²) in [6.07, 6.45) is 1.12. The van der Waals surface area contributed by atoms with E-state index in [0.29, 0.717) is 0 Å². The first-order valence-corrected chi connectivity index (χ1v) is 5.27. The molecule has 0 aromatic heterocycles. The number of thiol groups is 1. The van der Waals surface area contributed by atoms with E-state index in [2.05, 4.69) is 35.9 Å². The van der Waals surface area contributed by atoms with Crippen molar-refractivity contribution in [3.05, 3.63) is 35.9 Å². The van der Waals surface area contributed by atoms with E-state index in [9.17, 15) is 0 Å². The maximum Gasteiger partial charge on any atom is 0.00750 e. The molecule has 2 heteroatoms. The van der Waals surface area contributed by atoms with Crippen molar-refractivity contribution >= 4 is 22.5 Å². The second-order valence-corrected chi connectivity index (χ2v) is 3.51. The van der Waals surface area contributed by atoms with Crippen molar-refractivity contribution in [2.24, 2.45) is 0 Å². The smallest absolute Gasteiger partial charge is 0.00750 e. The fraction of sp³-hybridized carbons (Fsp3) is 0.250. The summed E-state index contributed by atoms with van der Waals surface area (Å²) in [5, 5.41) is 0. The van der Waals surface area contributed by atoms with Crippen molar-refractivity contribution in [1.29, 1.82) is 0 Å². The fourth-order valence-electron chi connectivity index (χ4n) is 0.808. The summed E-state index contributed by atoms with van der Waals surface area (Å²) in [6, 6.07) is 10.5.